The third kappa shape index (κ3) is 4.22. The summed E-state index contributed by atoms with van der Waals surface area (Å²) in [5.41, 5.74) is 0.867. The summed E-state index contributed by atoms with van der Waals surface area (Å²) >= 11 is 2.03. The monoisotopic (exact) mass is 298 g/mol. The summed E-state index contributed by atoms with van der Waals surface area (Å²) in [6.45, 7) is 5.03. The number of ether oxygens (including phenoxy) is 2. The van der Waals surface area contributed by atoms with Gasteiger partial charge in [-0.15, -0.1) is 0 Å². The van der Waals surface area contributed by atoms with Crippen molar-refractivity contribution >= 4 is 11.8 Å². The Morgan fingerprint density at radius 3 is 2.45 bits per heavy atom. The molecular formula is C13H22N4O2S. The highest BCUT2D eigenvalue weighted by molar-refractivity contribution is 7.99. The molecule has 2 rings (SSSR count). The molecule has 0 aromatic carbocycles. The van der Waals surface area contributed by atoms with Gasteiger partial charge in [0.1, 0.15) is 6.33 Å². The van der Waals surface area contributed by atoms with Crippen molar-refractivity contribution in [2.45, 2.75) is 6.54 Å². The van der Waals surface area contributed by atoms with Gasteiger partial charge in [0.05, 0.1) is 19.8 Å². The lowest BCUT2D eigenvalue weighted by Gasteiger charge is -2.26. The van der Waals surface area contributed by atoms with Gasteiger partial charge in [0, 0.05) is 44.2 Å². The Labute approximate surface area is 124 Å². The summed E-state index contributed by atoms with van der Waals surface area (Å²) in [4.78, 5) is 10.7. The SMILES string of the molecule is COc1ncnc(OC)c1CNCCN1CCSCC1. The first-order valence-electron chi connectivity index (χ1n) is 6.78. The van der Waals surface area contributed by atoms with E-state index in [1.165, 1.54) is 30.9 Å². The largest absolute Gasteiger partial charge is 0.481 e. The van der Waals surface area contributed by atoms with Crippen molar-refractivity contribution < 1.29 is 9.47 Å². The summed E-state index contributed by atoms with van der Waals surface area (Å²) in [5.74, 6) is 3.62. The molecule has 1 aromatic heterocycles. The lowest BCUT2D eigenvalue weighted by molar-refractivity contribution is 0.299. The highest BCUT2D eigenvalue weighted by atomic mass is 32.2. The van der Waals surface area contributed by atoms with Gasteiger partial charge in [-0.3, -0.25) is 0 Å². The lowest BCUT2D eigenvalue weighted by atomic mass is 10.3. The van der Waals surface area contributed by atoms with E-state index in [2.05, 4.69) is 20.2 Å². The van der Waals surface area contributed by atoms with Crippen LogP contribution >= 0.6 is 11.8 Å². The minimum absolute atomic E-state index is 0.568. The quantitative estimate of drug-likeness (QED) is 0.741. The number of methoxy groups -OCH3 is 2. The number of rotatable bonds is 7. The molecule has 0 unspecified atom stereocenters. The van der Waals surface area contributed by atoms with Crippen LogP contribution in [0, 0.1) is 0 Å². The molecule has 1 aliphatic heterocycles. The van der Waals surface area contributed by atoms with Crippen molar-refractivity contribution in [1.82, 2.24) is 20.2 Å². The molecule has 0 saturated carbocycles. The fourth-order valence-electron chi connectivity index (χ4n) is 2.16. The van der Waals surface area contributed by atoms with Gasteiger partial charge in [-0.05, 0) is 0 Å². The van der Waals surface area contributed by atoms with Crippen LogP contribution in [0.15, 0.2) is 6.33 Å². The Morgan fingerprint density at radius 2 is 1.85 bits per heavy atom. The topological polar surface area (TPSA) is 59.5 Å². The molecule has 6 nitrogen and oxygen atoms in total. The summed E-state index contributed by atoms with van der Waals surface area (Å²) < 4.78 is 10.5. The summed E-state index contributed by atoms with van der Waals surface area (Å²) in [6.07, 6.45) is 1.45. The normalized spacial score (nSPS) is 16.1. The molecular weight excluding hydrogens is 276 g/mol. The van der Waals surface area contributed by atoms with Crippen LogP contribution < -0.4 is 14.8 Å². The molecule has 2 heterocycles. The molecule has 0 radical (unpaired) electrons. The van der Waals surface area contributed by atoms with E-state index in [4.69, 9.17) is 9.47 Å². The number of hydrogen-bond acceptors (Lipinski definition) is 7. The Balaban J connectivity index is 1.81. The van der Waals surface area contributed by atoms with Gasteiger partial charge in [0.15, 0.2) is 0 Å². The van der Waals surface area contributed by atoms with E-state index in [1.807, 2.05) is 11.8 Å². The molecule has 1 aliphatic rings. The van der Waals surface area contributed by atoms with Gasteiger partial charge in [0.25, 0.3) is 0 Å². The number of hydrogen-bond donors (Lipinski definition) is 1. The molecule has 0 atom stereocenters. The van der Waals surface area contributed by atoms with Gasteiger partial charge in [0.2, 0.25) is 11.8 Å². The zero-order valence-electron chi connectivity index (χ0n) is 12.1. The number of nitrogens with zero attached hydrogens (tertiary/aromatic N) is 3. The van der Waals surface area contributed by atoms with Crippen LogP contribution in [0.1, 0.15) is 5.56 Å². The highest BCUT2D eigenvalue weighted by Crippen LogP contribution is 2.22. The van der Waals surface area contributed by atoms with E-state index in [1.54, 1.807) is 14.2 Å². The molecule has 0 aliphatic carbocycles. The van der Waals surface area contributed by atoms with Gasteiger partial charge in [-0.2, -0.15) is 11.8 Å². The molecule has 0 amide bonds. The van der Waals surface area contributed by atoms with Crippen molar-refractivity contribution in [3.63, 3.8) is 0 Å². The first-order chi connectivity index (χ1) is 9.85. The van der Waals surface area contributed by atoms with E-state index < -0.39 is 0 Å². The number of thioether (sulfide) groups is 1. The van der Waals surface area contributed by atoms with Crippen molar-refractivity contribution in [1.29, 1.82) is 0 Å². The van der Waals surface area contributed by atoms with Gasteiger partial charge >= 0.3 is 0 Å². The zero-order chi connectivity index (χ0) is 14.2. The fourth-order valence-corrected chi connectivity index (χ4v) is 3.14. The van der Waals surface area contributed by atoms with Crippen LogP contribution in [-0.2, 0) is 6.54 Å². The molecule has 20 heavy (non-hydrogen) atoms. The average molecular weight is 298 g/mol. The smallest absolute Gasteiger partial charge is 0.224 e. The van der Waals surface area contributed by atoms with Gasteiger partial charge < -0.3 is 19.7 Å². The van der Waals surface area contributed by atoms with Crippen LogP contribution in [0.25, 0.3) is 0 Å². The maximum absolute atomic E-state index is 5.25. The third-order valence-electron chi connectivity index (χ3n) is 3.26. The van der Waals surface area contributed by atoms with E-state index in [0.717, 1.165) is 18.7 Å². The fraction of sp³-hybridized carbons (Fsp3) is 0.692. The first kappa shape index (κ1) is 15.3. The highest BCUT2D eigenvalue weighted by Gasteiger charge is 2.13. The van der Waals surface area contributed by atoms with Gasteiger partial charge in [-0.25, -0.2) is 9.97 Å². The Bertz CT molecular complexity index is 391. The standard InChI is InChI=1S/C13H22N4O2S/c1-18-12-11(13(19-2)16-10-15-12)9-14-3-4-17-5-7-20-8-6-17/h10,14H,3-9H2,1-2H3. The number of aromatic nitrogens is 2. The summed E-state index contributed by atoms with van der Waals surface area (Å²) in [6, 6.07) is 0. The predicted molar refractivity (Wildman–Crippen MR) is 80.6 cm³/mol. The van der Waals surface area contributed by atoms with Crippen LogP contribution in [0.5, 0.6) is 11.8 Å². The summed E-state index contributed by atoms with van der Waals surface area (Å²) in [7, 11) is 3.22. The molecule has 1 N–H and O–H groups in total. The van der Waals surface area contributed by atoms with Crippen LogP contribution in [-0.4, -0.2) is 66.8 Å². The first-order valence-corrected chi connectivity index (χ1v) is 7.93. The second kappa shape index (κ2) is 8.28. The minimum Gasteiger partial charge on any atom is -0.481 e. The maximum Gasteiger partial charge on any atom is 0.224 e. The van der Waals surface area contributed by atoms with E-state index in [-0.39, 0.29) is 0 Å². The summed E-state index contributed by atoms with van der Waals surface area (Å²) in [5, 5.41) is 3.41. The Hall–Kier alpha value is -1.05. The van der Waals surface area contributed by atoms with Crippen molar-refractivity contribution in [2.24, 2.45) is 0 Å². The molecule has 1 aromatic rings. The maximum atomic E-state index is 5.25. The third-order valence-corrected chi connectivity index (χ3v) is 4.21. The van der Waals surface area contributed by atoms with Crippen molar-refractivity contribution in [2.75, 3.05) is 51.9 Å². The second-order valence-electron chi connectivity index (χ2n) is 4.50. The Morgan fingerprint density at radius 1 is 1.20 bits per heavy atom. The zero-order valence-corrected chi connectivity index (χ0v) is 12.9. The molecule has 0 spiro atoms. The Kier molecular flexibility index (Phi) is 6.35. The van der Waals surface area contributed by atoms with Crippen molar-refractivity contribution in [3.05, 3.63) is 11.9 Å². The predicted octanol–water partition coefficient (Wildman–Crippen LogP) is 0.632. The number of nitrogens with one attached hydrogen (secondary N) is 1. The van der Waals surface area contributed by atoms with Crippen LogP contribution in [0.3, 0.4) is 0 Å². The minimum atomic E-state index is 0.568. The average Bonchev–Trinajstić information content (AvgIpc) is 2.52. The van der Waals surface area contributed by atoms with E-state index in [0.29, 0.717) is 18.3 Å². The molecule has 7 heteroatoms. The van der Waals surface area contributed by atoms with Gasteiger partial charge in [-0.1, -0.05) is 0 Å². The molecule has 0 bridgehead atoms. The molecule has 112 valence electrons. The van der Waals surface area contributed by atoms with Crippen LogP contribution in [0.2, 0.25) is 0 Å². The second-order valence-corrected chi connectivity index (χ2v) is 5.73. The van der Waals surface area contributed by atoms with E-state index >= 15 is 0 Å². The van der Waals surface area contributed by atoms with Crippen LogP contribution in [0.4, 0.5) is 0 Å². The van der Waals surface area contributed by atoms with E-state index in [9.17, 15) is 0 Å². The molecule has 1 fully saturated rings. The van der Waals surface area contributed by atoms with Crippen molar-refractivity contribution in [3.8, 4) is 11.8 Å². The lowest BCUT2D eigenvalue weighted by Crippen LogP contribution is -2.37. The molecule has 1 saturated heterocycles.